The van der Waals surface area contributed by atoms with Crippen LogP contribution in [0.15, 0.2) is 0 Å². The van der Waals surface area contributed by atoms with Crippen molar-refractivity contribution in [2.45, 2.75) is 41.8 Å². The zero-order valence-corrected chi connectivity index (χ0v) is 11.5. The number of nitrogens with two attached hydrogens (primary N) is 1. The van der Waals surface area contributed by atoms with Crippen molar-refractivity contribution in [3.8, 4) is 0 Å². The fraction of sp³-hybridized carbons (Fsp3) is 1.00. The molecule has 1 aliphatic carbocycles. The van der Waals surface area contributed by atoms with Crippen LogP contribution in [0.4, 0.5) is 26.3 Å². The van der Waals surface area contributed by atoms with E-state index in [0.29, 0.717) is 0 Å². The van der Waals surface area contributed by atoms with Crippen molar-refractivity contribution >= 4 is 23.2 Å². The van der Waals surface area contributed by atoms with Crippen molar-refractivity contribution in [3.63, 3.8) is 0 Å². The Hall–Kier alpha value is 0.0800. The van der Waals surface area contributed by atoms with E-state index in [4.69, 9.17) is 27.9 Å². The van der Waals surface area contributed by atoms with Crippen LogP contribution in [0.3, 0.4) is 0 Å². The molecule has 1 heterocycles. The van der Waals surface area contributed by atoms with Gasteiger partial charge in [-0.1, -0.05) is 0 Å². The molecular weight excluding hydrogens is 335 g/mol. The van der Waals surface area contributed by atoms with Gasteiger partial charge < -0.3 is 10.1 Å². The van der Waals surface area contributed by atoms with Gasteiger partial charge in [-0.15, -0.1) is 23.2 Å². The fourth-order valence-corrected chi connectivity index (χ4v) is 3.85. The molecule has 1 aliphatic heterocycles. The highest BCUT2D eigenvalue weighted by Gasteiger charge is 2.85. The molecule has 10 heteroatoms. The Morgan fingerprint density at radius 3 is 2.05 bits per heavy atom. The van der Waals surface area contributed by atoms with Crippen molar-refractivity contribution in [2.75, 3.05) is 12.5 Å². The van der Waals surface area contributed by atoms with Gasteiger partial charge in [-0.05, 0) is 6.42 Å². The van der Waals surface area contributed by atoms with E-state index in [1.807, 2.05) is 0 Å². The number of ether oxygens (including phenoxy) is 1. The molecule has 2 aliphatic rings. The minimum Gasteiger partial charge on any atom is -0.371 e. The van der Waals surface area contributed by atoms with E-state index >= 15 is 0 Å². The number of hydrogen-bond acceptors (Lipinski definition) is 1. The lowest BCUT2D eigenvalue weighted by Crippen LogP contribution is -3.07. The molecular formula is C10H12Cl2F6NO+. The molecule has 0 aromatic heterocycles. The lowest BCUT2D eigenvalue weighted by molar-refractivity contribution is -0.800. The molecule has 1 saturated heterocycles. The molecule has 2 nitrogen and oxygen atoms in total. The summed E-state index contributed by atoms with van der Waals surface area (Å²) in [6.45, 7) is 0.0674. The number of quaternary nitrogens is 1. The molecule has 2 bridgehead atoms. The Morgan fingerprint density at radius 1 is 1.15 bits per heavy atom. The van der Waals surface area contributed by atoms with Crippen molar-refractivity contribution in [2.24, 2.45) is 5.92 Å². The van der Waals surface area contributed by atoms with Crippen LogP contribution in [-0.2, 0) is 4.74 Å². The van der Waals surface area contributed by atoms with Crippen molar-refractivity contribution < 1.29 is 36.4 Å². The summed E-state index contributed by atoms with van der Waals surface area (Å²) in [5.74, 6) is -1.64. The molecule has 2 rings (SSSR count). The van der Waals surface area contributed by atoms with Gasteiger partial charge >= 0.3 is 12.4 Å². The predicted molar refractivity (Wildman–Crippen MR) is 58.8 cm³/mol. The summed E-state index contributed by atoms with van der Waals surface area (Å²) in [5.41, 5.74) is -3.84. The Bertz CT molecular complexity index is 360. The minimum absolute atomic E-state index is 0.0674. The van der Waals surface area contributed by atoms with E-state index < -0.39 is 41.3 Å². The van der Waals surface area contributed by atoms with E-state index in [2.05, 4.69) is 0 Å². The summed E-state index contributed by atoms with van der Waals surface area (Å²) in [7, 11) is 0. The second-order valence-corrected chi connectivity index (χ2v) is 5.88. The number of halogens is 8. The van der Waals surface area contributed by atoms with Gasteiger partial charge in [-0.2, -0.15) is 26.3 Å². The van der Waals surface area contributed by atoms with Crippen LogP contribution in [0.25, 0.3) is 0 Å². The van der Waals surface area contributed by atoms with Gasteiger partial charge in [0.05, 0.1) is 17.9 Å². The second-order valence-electron chi connectivity index (χ2n) is 4.99. The number of alkyl halides is 8. The first-order valence-electron chi connectivity index (χ1n) is 5.87. The summed E-state index contributed by atoms with van der Waals surface area (Å²) in [6.07, 6.45) is -11.9. The molecule has 2 N–H and O–H groups in total. The van der Waals surface area contributed by atoms with Crippen LogP contribution in [0.2, 0.25) is 0 Å². The molecule has 0 aromatic rings. The van der Waals surface area contributed by atoms with Crippen LogP contribution >= 0.6 is 23.2 Å². The smallest absolute Gasteiger partial charge is 0.371 e. The maximum absolute atomic E-state index is 13.1. The van der Waals surface area contributed by atoms with Gasteiger partial charge in [0, 0.05) is 5.88 Å². The van der Waals surface area contributed by atoms with Crippen molar-refractivity contribution in [1.29, 1.82) is 0 Å². The highest BCUT2D eigenvalue weighted by molar-refractivity contribution is 6.21. The van der Waals surface area contributed by atoms with Crippen LogP contribution in [-0.4, -0.2) is 47.9 Å². The molecule has 0 amide bonds. The third-order valence-corrected chi connectivity index (χ3v) is 4.80. The molecule has 4 atom stereocenters. The zero-order chi connectivity index (χ0) is 15.3. The van der Waals surface area contributed by atoms with Crippen LogP contribution < -0.4 is 5.32 Å². The quantitative estimate of drug-likeness (QED) is 0.614. The van der Waals surface area contributed by atoms with Gasteiger partial charge in [0.1, 0.15) is 12.1 Å². The summed E-state index contributed by atoms with van der Waals surface area (Å²) in [4.78, 5) is 0. The largest absolute Gasteiger partial charge is 0.454 e. The first-order chi connectivity index (χ1) is 9.06. The van der Waals surface area contributed by atoms with Gasteiger partial charge in [-0.3, -0.25) is 0 Å². The molecule has 1 saturated carbocycles. The molecule has 2 fully saturated rings. The molecule has 20 heavy (non-hydrogen) atoms. The lowest BCUT2D eigenvalue weighted by Gasteiger charge is -2.39. The van der Waals surface area contributed by atoms with Crippen LogP contribution in [0.1, 0.15) is 6.42 Å². The second kappa shape index (κ2) is 5.07. The fourth-order valence-electron chi connectivity index (χ4n) is 3.22. The Kier molecular flexibility index (Phi) is 4.17. The van der Waals surface area contributed by atoms with Crippen molar-refractivity contribution in [1.82, 2.24) is 0 Å². The Labute approximate surface area is 120 Å². The molecule has 0 unspecified atom stereocenters. The lowest BCUT2D eigenvalue weighted by atomic mass is 9.82. The molecule has 0 radical (unpaired) electrons. The zero-order valence-electron chi connectivity index (χ0n) is 9.94. The van der Waals surface area contributed by atoms with Gasteiger partial charge in [0.15, 0.2) is 0 Å². The van der Waals surface area contributed by atoms with Crippen LogP contribution in [0, 0.1) is 5.92 Å². The third kappa shape index (κ3) is 2.19. The number of rotatable bonds is 3. The normalized spacial score (nSPS) is 36.6. The monoisotopic (exact) mass is 346 g/mol. The average Bonchev–Trinajstić information content (AvgIpc) is 2.75. The van der Waals surface area contributed by atoms with Crippen LogP contribution in [0.5, 0.6) is 0 Å². The summed E-state index contributed by atoms with van der Waals surface area (Å²) >= 11 is 11.2. The maximum Gasteiger partial charge on any atom is 0.454 e. The van der Waals surface area contributed by atoms with Gasteiger partial charge in [0.2, 0.25) is 0 Å². The van der Waals surface area contributed by atoms with Gasteiger partial charge in [-0.25, -0.2) is 0 Å². The standard InChI is InChI=1S/C10H11Cl2F6NO/c11-1-2-20-5-3-4-6(12)7(5)19-8(4,9(13,14)15)10(16,17)18/h4-7,19H,1-3H2/p+1/t4-,5+,6-,7+/m0/s1. The number of piperidine rings is 1. The van der Waals surface area contributed by atoms with E-state index in [9.17, 15) is 26.3 Å². The predicted octanol–water partition coefficient (Wildman–Crippen LogP) is 2.05. The highest BCUT2D eigenvalue weighted by Crippen LogP contribution is 2.54. The van der Waals surface area contributed by atoms with Crippen molar-refractivity contribution in [3.05, 3.63) is 0 Å². The first-order valence-corrected chi connectivity index (χ1v) is 6.84. The third-order valence-electron chi connectivity index (χ3n) is 4.06. The highest BCUT2D eigenvalue weighted by atomic mass is 35.5. The average molecular weight is 347 g/mol. The van der Waals surface area contributed by atoms with E-state index in [1.165, 1.54) is 0 Å². The summed E-state index contributed by atoms with van der Waals surface area (Å²) in [5, 5.41) is -0.948. The maximum atomic E-state index is 13.1. The molecule has 0 spiro atoms. The Balaban J connectivity index is 2.29. The van der Waals surface area contributed by atoms with E-state index in [-0.39, 0.29) is 24.2 Å². The molecule has 118 valence electrons. The topological polar surface area (TPSA) is 25.8 Å². The molecule has 0 aromatic carbocycles. The van der Waals surface area contributed by atoms with Gasteiger partial charge in [0.25, 0.3) is 5.54 Å². The summed E-state index contributed by atoms with van der Waals surface area (Å²) in [6, 6.07) is -1.08. The Morgan fingerprint density at radius 2 is 1.70 bits per heavy atom. The minimum atomic E-state index is -5.42. The number of hydrogen-bond donors (Lipinski definition) is 1. The van der Waals surface area contributed by atoms with E-state index in [1.54, 1.807) is 0 Å². The van der Waals surface area contributed by atoms with E-state index in [0.717, 1.165) is 0 Å². The first kappa shape index (κ1) is 16.5. The summed E-state index contributed by atoms with van der Waals surface area (Å²) < 4.78 is 83.5. The SMILES string of the molecule is FC(F)(F)C1(C(F)(F)F)[NH2+][C@H]2[C@@H](Cl)[C@@H]1C[C@H]2OCCCl. The number of fused-ring (bicyclic) bond motifs is 2.